The second kappa shape index (κ2) is 10.1. The summed E-state index contributed by atoms with van der Waals surface area (Å²) in [6.45, 7) is 4.78. The first-order valence-corrected chi connectivity index (χ1v) is 11.3. The van der Waals surface area contributed by atoms with Crippen LogP contribution in [0.3, 0.4) is 0 Å². The second-order valence-electron chi connectivity index (χ2n) is 7.45. The van der Waals surface area contributed by atoms with Crippen molar-refractivity contribution in [3.05, 3.63) is 78.4 Å². The SMILES string of the molecule is C=CCn1c(SC[C@@H](O)CO[C@@H]2CCCc3ccccc32)nnc1-c1ccccc1. The molecule has 0 spiro atoms. The Morgan fingerprint density at radius 2 is 1.97 bits per heavy atom. The van der Waals surface area contributed by atoms with Crippen LogP contribution in [-0.2, 0) is 17.7 Å². The van der Waals surface area contributed by atoms with E-state index in [1.165, 1.54) is 22.9 Å². The van der Waals surface area contributed by atoms with Crippen molar-refractivity contribution >= 4 is 11.8 Å². The summed E-state index contributed by atoms with van der Waals surface area (Å²) in [7, 11) is 0. The first-order valence-electron chi connectivity index (χ1n) is 10.4. The zero-order valence-corrected chi connectivity index (χ0v) is 17.8. The molecule has 4 rings (SSSR count). The largest absolute Gasteiger partial charge is 0.390 e. The van der Waals surface area contributed by atoms with Crippen molar-refractivity contribution in [1.29, 1.82) is 0 Å². The third-order valence-electron chi connectivity index (χ3n) is 5.27. The van der Waals surface area contributed by atoms with E-state index in [0.717, 1.165) is 35.8 Å². The number of hydrogen-bond donors (Lipinski definition) is 1. The summed E-state index contributed by atoms with van der Waals surface area (Å²) in [5.74, 6) is 1.31. The van der Waals surface area contributed by atoms with E-state index in [1.807, 2.05) is 41.0 Å². The fraction of sp³-hybridized carbons (Fsp3) is 0.333. The fourth-order valence-electron chi connectivity index (χ4n) is 3.82. The Balaban J connectivity index is 1.36. The van der Waals surface area contributed by atoms with Crippen LogP contribution in [0.1, 0.15) is 30.1 Å². The maximum atomic E-state index is 10.5. The van der Waals surface area contributed by atoms with E-state index < -0.39 is 6.10 Å². The lowest BCUT2D eigenvalue weighted by atomic mass is 9.89. The van der Waals surface area contributed by atoms with Gasteiger partial charge < -0.3 is 9.84 Å². The number of hydrogen-bond acceptors (Lipinski definition) is 5. The van der Waals surface area contributed by atoms with Gasteiger partial charge in [0.2, 0.25) is 0 Å². The second-order valence-corrected chi connectivity index (χ2v) is 8.44. The Kier molecular flexibility index (Phi) is 7.00. The van der Waals surface area contributed by atoms with Crippen molar-refractivity contribution in [1.82, 2.24) is 14.8 Å². The zero-order chi connectivity index (χ0) is 20.8. The highest BCUT2D eigenvalue weighted by molar-refractivity contribution is 7.99. The molecule has 1 aromatic heterocycles. The predicted octanol–water partition coefficient (Wildman–Crippen LogP) is 4.68. The number of rotatable bonds is 9. The smallest absolute Gasteiger partial charge is 0.191 e. The third kappa shape index (κ3) is 4.83. The van der Waals surface area contributed by atoms with Crippen molar-refractivity contribution in [2.45, 2.75) is 43.2 Å². The molecule has 1 N–H and O–H groups in total. The maximum Gasteiger partial charge on any atom is 0.191 e. The van der Waals surface area contributed by atoms with Gasteiger partial charge >= 0.3 is 0 Å². The lowest BCUT2D eigenvalue weighted by molar-refractivity contribution is -0.00960. The van der Waals surface area contributed by atoms with Gasteiger partial charge in [0.15, 0.2) is 11.0 Å². The first kappa shape index (κ1) is 20.8. The van der Waals surface area contributed by atoms with Gasteiger partial charge in [0, 0.05) is 17.9 Å². The van der Waals surface area contributed by atoms with E-state index in [-0.39, 0.29) is 6.10 Å². The monoisotopic (exact) mass is 421 g/mol. The number of allylic oxidation sites excluding steroid dienone is 1. The van der Waals surface area contributed by atoms with Crippen molar-refractivity contribution in [2.75, 3.05) is 12.4 Å². The number of aliphatic hydroxyl groups excluding tert-OH is 1. The molecule has 6 heteroatoms. The number of ether oxygens (including phenoxy) is 1. The molecule has 30 heavy (non-hydrogen) atoms. The molecule has 2 aromatic carbocycles. The molecule has 156 valence electrons. The van der Waals surface area contributed by atoms with Crippen LogP contribution >= 0.6 is 11.8 Å². The van der Waals surface area contributed by atoms with E-state index in [9.17, 15) is 5.11 Å². The molecule has 2 atom stereocenters. The molecule has 1 aliphatic rings. The van der Waals surface area contributed by atoms with Gasteiger partial charge in [0.25, 0.3) is 0 Å². The maximum absolute atomic E-state index is 10.5. The van der Waals surface area contributed by atoms with Crippen molar-refractivity contribution in [3.8, 4) is 11.4 Å². The highest BCUT2D eigenvalue weighted by Gasteiger charge is 2.22. The summed E-state index contributed by atoms with van der Waals surface area (Å²) in [5.41, 5.74) is 3.64. The van der Waals surface area contributed by atoms with Gasteiger partial charge in [-0.3, -0.25) is 4.57 Å². The number of thioether (sulfide) groups is 1. The lowest BCUT2D eigenvalue weighted by Crippen LogP contribution is -2.22. The Hall–Kier alpha value is -2.41. The molecule has 0 aliphatic heterocycles. The molecular weight excluding hydrogens is 394 g/mol. The summed E-state index contributed by atoms with van der Waals surface area (Å²) >= 11 is 1.49. The molecular formula is C24H27N3O2S. The first-order chi connectivity index (χ1) is 14.8. The van der Waals surface area contributed by atoms with Crippen LogP contribution < -0.4 is 0 Å². The van der Waals surface area contributed by atoms with Gasteiger partial charge in [-0.1, -0.05) is 72.4 Å². The van der Waals surface area contributed by atoms with Crippen molar-refractivity contribution < 1.29 is 9.84 Å². The predicted molar refractivity (Wildman–Crippen MR) is 120 cm³/mol. The molecule has 3 aromatic rings. The number of aryl methyl sites for hydroxylation is 1. The fourth-order valence-corrected chi connectivity index (χ4v) is 4.67. The molecule has 1 aliphatic carbocycles. The lowest BCUT2D eigenvalue weighted by Gasteiger charge is -2.26. The molecule has 0 bridgehead atoms. The number of nitrogens with zero attached hydrogens (tertiary/aromatic N) is 3. The zero-order valence-electron chi connectivity index (χ0n) is 17.0. The molecule has 0 radical (unpaired) electrons. The van der Waals surface area contributed by atoms with Crippen LogP contribution in [0.5, 0.6) is 0 Å². The molecule has 0 amide bonds. The number of aromatic nitrogens is 3. The molecule has 1 heterocycles. The Labute approximate surface area is 181 Å². The van der Waals surface area contributed by atoms with E-state index >= 15 is 0 Å². The third-order valence-corrected chi connectivity index (χ3v) is 6.38. The average molecular weight is 422 g/mol. The van der Waals surface area contributed by atoms with E-state index in [1.54, 1.807) is 0 Å². The topological polar surface area (TPSA) is 60.2 Å². The molecule has 5 nitrogen and oxygen atoms in total. The summed E-state index contributed by atoms with van der Waals surface area (Å²) in [4.78, 5) is 0. The molecule has 0 fully saturated rings. The summed E-state index contributed by atoms with van der Waals surface area (Å²) in [6, 6.07) is 18.4. The minimum atomic E-state index is -0.571. The van der Waals surface area contributed by atoms with Gasteiger partial charge in [-0.05, 0) is 30.4 Å². The number of aliphatic hydroxyl groups is 1. The Bertz CT molecular complexity index is 974. The van der Waals surface area contributed by atoms with Crippen LogP contribution in [-0.4, -0.2) is 38.3 Å². The van der Waals surface area contributed by atoms with E-state index in [0.29, 0.717) is 18.9 Å². The average Bonchev–Trinajstić information content (AvgIpc) is 3.19. The van der Waals surface area contributed by atoms with Crippen molar-refractivity contribution in [3.63, 3.8) is 0 Å². The number of fused-ring (bicyclic) bond motifs is 1. The minimum Gasteiger partial charge on any atom is -0.390 e. The van der Waals surface area contributed by atoms with Crippen LogP contribution in [0.15, 0.2) is 72.4 Å². The summed E-state index contributed by atoms with van der Waals surface area (Å²) in [5, 5.41) is 20.0. The summed E-state index contributed by atoms with van der Waals surface area (Å²) < 4.78 is 8.12. The Morgan fingerprint density at radius 1 is 1.17 bits per heavy atom. The van der Waals surface area contributed by atoms with Gasteiger partial charge in [0.1, 0.15) is 0 Å². The van der Waals surface area contributed by atoms with Crippen LogP contribution in [0.2, 0.25) is 0 Å². The minimum absolute atomic E-state index is 0.0729. The molecule has 0 saturated carbocycles. The highest BCUT2D eigenvalue weighted by Crippen LogP contribution is 2.32. The van der Waals surface area contributed by atoms with Gasteiger partial charge in [-0.15, -0.1) is 16.8 Å². The normalized spacial score (nSPS) is 16.8. The summed E-state index contributed by atoms with van der Waals surface area (Å²) in [6.07, 6.45) is 4.57. The quantitative estimate of drug-likeness (QED) is 0.402. The van der Waals surface area contributed by atoms with E-state index in [4.69, 9.17) is 4.74 Å². The molecule has 0 saturated heterocycles. The van der Waals surface area contributed by atoms with E-state index in [2.05, 4.69) is 41.0 Å². The van der Waals surface area contributed by atoms with Crippen LogP contribution in [0.25, 0.3) is 11.4 Å². The van der Waals surface area contributed by atoms with Gasteiger partial charge in [0.05, 0.1) is 18.8 Å². The van der Waals surface area contributed by atoms with Gasteiger partial charge in [-0.25, -0.2) is 0 Å². The van der Waals surface area contributed by atoms with Gasteiger partial charge in [-0.2, -0.15) is 0 Å². The molecule has 0 unspecified atom stereocenters. The standard InChI is InChI=1S/C24H27N3O2S/c1-2-15-27-23(19-10-4-3-5-11-19)25-26-24(27)30-17-20(28)16-29-22-14-8-12-18-9-6-7-13-21(18)22/h2-7,9-11,13,20,22,28H,1,8,12,14-17H2/t20-,22+/m0/s1. The van der Waals surface area contributed by atoms with Crippen LogP contribution in [0, 0.1) is 0 Å². The Morgan fingerprint density at radius 3 is 2.80 bits per heavy atom. The highest BCUT2D eigenvalue weighted by atomic mass is 32.2. The number of benzene rings is 2. The van der Waals surface area contributed by atoms with Crippen molar-refractivity contribution in [2.24, 2.45) is 0 Å². The van der Waals surface area contributed by atoms with Crippen LogP contribution in [0.4, 0.5) is 0 Å².